The van der Waals surface area contributed by atoms with Gasteiger partial charge in [-0.05, 0) is 13.0 Å². The summed E-state index contributed by atoms with van der Waals surface area (Å²) in [6, 6.07) is 0. The summed E-state index contributed by atoms with van der Waals surface area (Å²) in [5, 5.41) is 6.72. The lowest BCUT2D eigenvalue weighted by atomic mass is 10.1. The van der Waals surface area contributed by atoms with Crippen LogP contribution in [-0.4, -0.2) is 75.7 Å². The molecule has 1 atom stereocenters. The number of nitrogens with two attached hydrogens (primary N) is 1. The molecule has 24 heavy (non-hydrogen) atoms. The fourth-order valence-corrected chi connectivity index (χ4v) is 3.19. The highest BCUT2D eigenvalue weighted by molar-refractivity contribution is 5.54. The molecule has 1 unspecified atom stereocenters. The number of hydrogen-bond donors (Lipinski definition) is 3. The maximum absolute atomic E-state index is 5.80. The highest BCUT2D eigenvalue weighted by Gasteiger charge is 2.25. The lowest BCUT2D eigenvalue weighted by Gasteiger charge is -2.34. The first-order valence-corrected chi connectivity index (χ1v) is 8.71. The maximum Gasteiger partial charge on any atom is 0.224 e. The summed E-state index contributed by atoms with van der Waals surface area (Å²) in [4.78, 5) is 11.9. The van der Waals surface area contributed by atoms with Gasteiger partial charge in [-0.25, -0.2) is 4.98 Å². The van der Waals surface area contributed by atoms with E-state index < -0.39 is 0 Å². The number of morpholine rings is 1. The molecule has 3 rings (SSSR count). The first-order chi connectivity index (χ1) is 11.8. The van der Waals surface area contributed by atoms with Gasteiger partial charge in [0.05, 0.1) is 25.0 Å². The van der Waals surface area contributed by atoms with Gasteiger partial charge in [0.15, 0.2) is 0 Å². The molecule has 0 spiro atoms. The lowest BCUT2D eigenvalue weighted by Crippen LogP contribution is -2.46. The van der Waals surface area contributed by atoms with Gasteiger partial charge >= 0.3 is 0 Å². The molecule has 8 nitrogen and oxygen atoms in total. The van der Waals surface area contributed by atoms with Crippen LogP contribution in [0.2, 0.25) is 0 Å². The molecule has 1 aromatic heterocycles. The number of methoxy groups -OCH3 is 1. The van der Waals surface area contributed by atoms with Gasteiger partial charge in [-0.15, -0.1) is 0 Å². The number of ether oxygens (including phenoxy) is 2. The quantitative estimate of drug-likeness (QED) is 0.592. The van der Waals surface area contributed by atoms with E-state index in [1.165, 1.54) is 5.56 Å². The Bertz CT molecular complexity index is 542. The molecule has 2 aliphatic rings. The van der Waals surface area contributed by atoms with E-state index in [1.54, 1.807) is 7.11 Å². The zero-order valence-corrected chi connectivity index (χ0v) is 14.4. The van der Waals surface area contributed by atoms with E-state index in [4.69, 9.17) is 25.2 Å². The normalized spacial score (nSPS) is 21.2. The van der Waals surface area contributed by atoms with Crippen LogP contribution in [0.25, 0.3) is 0 Å². The Labute approximate surface area is 143 Å². The Morgan fingerprint density at radius 3 is 3.08 bits per heavy atom. The van der Waals surface area contributed by atoms with Crippen molar-refractivity contribution < 1.29 is 9.47 Å². The number of hydrogen-bond acceptors (Lipinski definition) is 8. The molecule has 134 valence electrons. The number of rotatable bonds is 6. The monoisotopic (exact) mass is 336 g/mol. The molecular formula is C16H28N6O2. The smallest absolute Gasteiger partial charge is 0.224 e. The lowest BCUT2D eigenvalue weighted by molar-refractivity contribution is 0.0462. The topological polar surface area (TPSA) is 97.6 Å². The van der Waals surface area contributed by atoms with E-state index in [0.717, 1.165) is 50.5 Å². The number of nitrogens with one attached hydrogen (secondary N) is 2. The Morgan fingerprint density at radius 2 is 2.25 bits per heavy atom. The summed E-state index contributed by atoms with van der Waals surface area (Å²) in [6.07, 6.45) is 1.94. The predicted octanol–water partition coefficient (Wildman–Crippen LogP) is -0.613. The second-order valence-corrected chi connectivity index (χ2v) is 6.14. The predicted molar refractivity (Wildman–Crippen MR) is 93.7 cm³/mol. The first kappa shape index (κ1) is 17.3. The molecule has 8 heteroatoms. The van der Waals surface area contributed by atoms with Gasteiger partial charge < -0.3 is 30.7 Å². The van der Waals surface area contributed by atoms with Crippen LogP contribution in [0.3, 0.4) is 0 Å². The summed E-state index contributed by atoms with van der Waals surface area (Å²) in [5.74, 6) is 1.71. The summed E-state index contributed by atoms with van der Waals surface area (Å²) < 4.78 is 10.8. The second kappa shape index (κ2) is 8.57. The summed E-state index contributed by atoms with van der Waals surface area (Å²) in [7, 11) is 1.69. The van der Waals surface area contributed by atoms with Crippen molar-refractivity contribution in [3.05, 3.63) is 11.3 Å². The zero-order valence-electron chi connectivity index (χ0n) is 14.4. The Kier molecular flexibility index (Phi) is 6.19. The number of fused-ring (bicyclic) bond motifs is 1. The third-order valence-corrected chi connectivity index (χ3v) is 4.45. The number of aromatic nitrogens is 2. The SMILES string of the molecule is COCCNc1nc2c(c(N3CCOC(CN)C3)n1)CCNCC2. The largest absolute Gasteiger partial charge is 0.383 e. The molecule has 1 aromatic rings. The van der Waals surface area contributed by atoms with Gasteiger partial charge in [0, 0.05) is 51.8 Å². The first-order valence-electron chi connectivity index (χ1n) is 8.71. The van der Waals surface area contributed by atoms with Crippen LogP contribution in [0.5, 0.6) is 0 Å². The van der Waals surface area contributed by atoms with Crippen LogP contribution in [0.1, 0.15) is 11.3 Å². The van der Waals surface area contributed by atoms with Crippen LogP contribution in [-0.2, 0) is 22.3 Å². The van der Waals surface area contributed by atoms with Crippen LogP contribution >= 0.6 is 0 Å². The van der Waals surface area contributed by atoms with Crippen molar-refractivity contribution in [3.8, 4) is 0 Å². The van der Waals surface area contributed by atoms with E-state index >= 15 is 0 Å². The Morgan fingerprint density at radius 1 is 1.38 bits per heavy atom. The van der Waals surface area contributed by atoms with Crippen molar-refractivity contribution in [1.82, 2.24) is 15.3 Å². The van der Waals surface area contributed by atoms with Crippen LogP contribution in [0.4, 0.5) is 11.8 Å². The molecule has 1 saturated heterocycles. The standard InChI is InChI=1S/C16H28N6O2/c1-23-8-6-19-16-20-14-3-5-18-4-2-13(14)15(21-16)22-7-9-24-12(10-17)11-22/h12,18H,2-11,17H2,1H3,(H,19,20,21). The van der Waals surface area contributed by atoms with Crippen molar-refractivity contribution in [2.24, 2.45) is 5.73 Å². The van der Waals surface area contributed by atoms with E-state index in [-0.39, 0.29) is 6.10 Å². The van der Waals surface area contributed by atoms with E-state index in [2.05, 4.69) is 15.5 Å². The van der Waals surface area contributed by atoms with Crippen molar-refractivity contribution in [2.45, 2.75) is 18.9 Å². The maximum atomic E-state index is 5.80. The van der Waals surface area contributed by atoms with Crippen LogP contribution < -0.4 is 21.3 Å². The third kappa shape index (κ3) is 4.13. The molecular weight excluding hydrogens is 308 g/mol. The van der Waals surface area contributed by atoms with Crippen molar-refractivity contribution in [1.29, 1.82) is 0 Å². The molecule has 4 N–H and O–H groups in total. The van der Waals surface area contributed by atoms with Crippen molar-refractivity contribution in [3.63, 3.8) is 0 Å². The zero-order chi connectivity index (χ0) is 16.8. The van der Waals surface area contributed by atoms with Gasteiger partial charge in [-0.1, -0.05) is 0 Å². The van der Waals surface area contributed by atoms with Gasteiger partial charge in [-0.3, -0.25) is 0 Å². The van der Waals surface area contributed by atoms with Gasteiger partial charge in [0.25, 0.3) is 0 Å². The fraction of sp³-hybridized carbons (Fsp3) is 0.750. The van der Waals surface area contributed by atoms with E-state index in [1.807, 2.05) is 0 Å². The highest BCUT2D eigenvalue weighted by atomic mass is 16.5. The summed E-state index contributed by atoms with van der Waals surface area (Å²) in [5.41, 5.74) is 8.20. The Balaban J connectivity index is 1.87. The second-order valence-electron chi connectivity index (χ2n) is 6.14. The van der Waals surface area contributed by atoms with E-state index in [0.29, 0.717) is 32.3 Å². The minimum absolute atomic E-state index is 0.0677. The average molecular weight is 336 g/mol. The number of anilines is 2. The average Bonchev–Trinajstić information content (AvgIpc) is 2.87. The summed E-state index contributed by atoms with van der Waals surface area (Å²) in [6.45, 7) is 6.08. The van der Waals surface area contributed by atoms with Gasteiger partial charge in [-0.2, -0.15) is 4.98 Å². The molecule has 0 saturated carbocycles. The van der Waals surface area contributed by atoms with Crippen LogP contribution in [0, 0.1) is 0 Å². The molecule has 1 fully saturated rings. The minimum Gasteiger partial charge on any atom is -0.383 e. The molecule has 3 heterocycles. The molecule has 0 aromatic carbocycles. The van der Waals surface area contributed by atoms with E-state index in [9.17, 15) is 0 Å². The number of nitrogens with zero attached hydrogens (tertiary/aromatic N) is 3. The highest BCUT2D eigenvalue weighted by Crippen LogP contribution is 2.26. The van der Waals surface area contributed by atoms with Gasteiger partial charge in [0.1, 0.15) is 5.82 Å². The van der Waals surface area contributed by atoms with Crippen molar-refractivity contribution >= 4 is 11.8 Å². The third-order valence-electron chi connectivity index (χ3n) is 4.45. The van der Waals surface area contributed by atoms with Crippen LogP contribution in [0.15, 0.2) is 0 Å². The molecule has 0 radical (unpaired) electrons. The molecule has 0 bridgehead atoms. The summed E-state index contributed by atoms with van der Waals surface area (Å²) >= 11 is 0. The fourth-order valence-electron chi connectivity index (χ4n) is 3.19. The molecule has 0 aliphatic carbocycles. The molecule has 0 amide bonds. The van der Waals surface area contributed by atoms with Gasteiger partial charge in [0.2, 0.25) is 5.95 Å². The molecule has 2 aliphatic heterocycles. The Hall–Kier alpha value is -1.48. The minimum atomic E-state index is 0.0677. The van der Waals surface area contributed by atoms with Crippen molar-refractivity contribution in [2.75, 3.05) is 69.8 Å².